The molecule has 4 N–H and O–H groups in total. The van der Waals surface area contributed by atoms with Gasteiger partial charge in [-0.1, -0.05) is 0 Å². The molecule has 0 unspecified atom stereocenters. The zero-order chi connectivity index (χ0) is 14.5. The van der Waals surface area contributed by atoms with Gasteiger partial charge in [-0.2, -0.15) is 0 Å². The Bertz CT molecular complexity index is 626. The molecule has 1 aromatic carbocycles. The number of nitrogens with one attached hydrogen (secondary N) is 2. The van der Waals surface area contributed by atoms with Crippen LogP contribution in [0.5, 0.6) is 0 Å². The number of amides is 3. The lowest BCUT2D eigenvalue weighted by Crippen LogP contribution is -2.19. The van der Waals surface area contributed by atoms with E-state index in [0.717, 1.165) is 4.47 Å². The molecule has 102 valence electrons. The van der Waals surface area contributed by atoms with Crippen molar-refractivity contribution >= 4 is 39.2 Å². The number of benzene rings is 1. The number of pyridine rings is 1. The van der Waals surface area contributed by atoms with Gasteiger partial charge in [0.25, 0.3) is 5.91 Å². The minimum Gasteiger partial charge on any atom is -0.351 e. The third kappa shape index (κ3) is 3.79. The van der Waals surface area contributed by atoms with Crippen molar-refractivity contribution in [1.29, 1.82) is 0 Å². The highest BCUT2D eigenvalue weighted by molar-refractivity contribution is 9.10. The molecule has 0 radical (unpaired) electrons. The third-order valence-electron chi connectivity index (χ3n) is 2.37. The van der Waals surface area contributed by atoms with E-state index < -0.39 is 6.03 Å². The second-order valence-electron chi connectivity index (χ2n) is 3.88. The summed E-state index contributed by atoms with van der Waals surface area (Å²) in [6, 6.07) is 9.29. The van der Waals surface area contributed by atoms with Gasteiger partial charge in [0.15, 0.2) is 0 Å². The van der Waals surface area contributed by atoms with E-state index >= 15 is 0 Å². The van der Waals surface area contributed by atoms with Gasteiger partial charge in [0.05, 0.1) is 0 Å². The first-order valence-electron chi connectivity index (χ1n) is 5.64. The SMILES string of the molecule is NC(=O)Nc1ccc(NC(=O)c2ccc(Br)cn2)cc1. The number of hydrogen-bond donors (Lipinski definition) is 3. The Morgan fingerprint density at radius 1 is 1.00 bits per heavy atom. The molecule has 0 aliphatic carbocycles. The molecule has 3 amide bonds. The fourth-order valence-corrected chi connectivity index (χ4v) is 1.72. The number of primary amides is 1. The van der Waals surface area contributed by atoms with E-state index in [-0.39, 0.29) is 5.91 Å². The number of halogens is 1. The van der Waals surface area contributed by atoms with E-state index in [4.69, 9.17) is 5.73 Å². The van der Waals surface area contributed by atoms with E-state index in [9.17, 15) is 9.59 Å². The lowest BCUT2D eigenvalue weighted by Gasteiger charge is -2.06. The first kappa shape index (κ1) is 14.0. The predicted octanol–water partition coefficient (Wildman–Crippen LogP) is 2.59. The molecular formula is C13H11BrN4O2. The molecule has 7 heteroatoms. The Labute approximate surface area is 123 Å². The average molecular weight is 335 g/mol. The second-order valence-corrected chi connectivity index (χ2v) is 4.80. The molecule has 0 saturated heterocycles. The Hall–Kier alpha value is -2.41. The lowest BCUT2D eigenvalue weighted by molar-refractivity contribution is 0.102. The van der Waals surface area contributed by atoms with Crippen LogP contribution in [-0.4, -0.2) is 16.9 Å². The molecule has 0 bridgehead atoms. The number of hydrogen-bond acceptors (Lipinski definition) is 3. The maximum absolute atomic E-state index is 11.9. The fraction of sp³-hybridized carbons (Fsp3) is 0. The van der Waals surface area contributed by atoms with E-state index in [1.165, 1.54) is 0 Å². The van der Waals surface area contributed by atoms with Crippen molar-refractivity contribution in [3.05, 3.63) is 52.8 Å². The van der Waals surface area contributed by atoms with Crippen LogP contribution in [-0.2, 0) is 0 Å². The smallest absolute Gasteiger partial charge is 0.316 e. The van der Waals surface area contributed by atoms with E-state index in [1.54, 1.807) is 42.6 Å². The van der Waals surface area contributed by atoms with Crippen LogP contribution in [0.1, 0.15) is 10.5 Å². The zero-order valence-corrected chi connectivity index (χ0v) is 11.8. The molecule has 2 aromatic rings. The number of carbonyl (C=O) groups is 2. The van der Waals surface area contributed by atoms with Crippen molar-refractivity contribution in [2.24, 2.45) is 5.73 Å². The summed E-state index contributed by atoms with van der Waals surface area (Å²) < 4.78 is 0.802. The lowest BCUT2D eigenvalue weighted by atomic mass is 10.2. The van der Waals surface area contributed by atoms with Gasteiger partial charge in [0.2, 0.25) is 0 Å². The summed E-state index contributed by atoms with van der Waals surface area (Å²) in [4.78, 5) is 26.6. The molecule has 0 saturated carbocycles. The maximum atomic E-state index is 11.9. The molecular weight excluding hydrogens is 324 g/mol. The summed E-state index contributed by atoms with van der Waals surface area (Å²) in [7, 11) is 0. The number of carbonyl (C=O) groups excluding carboxylic acids is 2. The maximum Gasteiger partial charge on any atom is 0.316 e. The standard InChI is InChI=1S/C13H11BrN4O2/c14-8-1-6-11(16-7-8)12(19)17-9-2-4-10(5-3-9)18-13(15)20/h1-7H,(H,17,19)(H3,15,18,20). The summed E-state index contributed by atoms with van der Waals surface area (Å²) >= 11 is 3.25. The topological polar surface area (TPSA) is 97.1 Å². The molecule has 2 rings (SSSR count). The largest absolute Gasteiger partial charge is 0.351 e. The van der Waals surface area contributed by atoms with Crippen molar-refractivity contribution in [2.45, 2.75) is 0 Å². The van der Waals surface area contributed by atoms with Crippen LogP contribution < -0.4 is 16.4 Å². The average Bonchev–Trinajstić information content (AvgIpc) is 2.41. The van der Waals surface area contributed by atoms with Crippen molar-refractivity contribution in [1.82, 2.24) is 4.98 Å². The number of urea groups is 1. The third-order valence-corrected chi connectivity index (χ3v) is 2.84. The van der Waals surface area contributed by atoms with E-state index in [0.29, 0.717) is 17.1 Å². The quantitative estimate of drug-likeness (QED) is 0.804. The highest BCUT2D eigenvalue weighted by Crippen LogP contribution is 2.14. The Balaban J connectivity index is 2.04. The van der Waals surface area contributed by atoms with Crippen LogP contribution >= 0.6 is 15.9 Å². The summed E-state index contributed by atoms with van der Waals surface area (Å²) in [5.41, 5.74) is 6.46. The zero-order valence-electron chi connectivity index (χ0n) is 10.3. The van der Waals surface area contributed by atoms with Gasteiger partial charge in [-0.15, -0.1) is 0 Å². The number of anilines is 2. The number of nitrogens with two attached hydrogens (primary N) is 1. The Morgan fingerprint density at radius 2 is 1.60 bits per heavy atom. The molecule has 0 atom stereocenters. The van der Waals surface area contributed by atoms with Gasteiger partial charge in [-0.3, -0.25) is 4.79 Å². The van der Waals surface area contributed by atoms with Crippen molar-refractivity contribution in [3.63, 3.8) is 0 Å². The summed E-state index contributed by atoms with van der Waals surface area (Å²) in [5, 5.41) is 5.13. The van der Waals surface area contributed by atoms with Crippen molar-refractivity contribution < 1.29 is 9.59 Å². The molecule has 0 aliphatic rings. The molecule has 1 aromatic heterocycles. The highest BCUT2D eigenvalue weighted by Gasteiger charge is 2.07. The number of aromatic nitrogens is 1. The van der Waals surface area contributed by atoms with Gasteiger partial charge in [0, 0.05) is 22.0 Å². The highest BCUT2D eigenvalue weighted by atomic mass is 79.9. The molecule has 0 fully saturated rings. The number of nitrogens with zero attached hydrogens (tertiary/aromatic N) is 1. The van der Waals surface area contributed by atoms with Crippen LogP contribution in [0.15, 0.2) is 47.1 Å². The minimum absolute atomic E-state index is 0.312. The first-order valence-corrected chi connectivity index (χ1v) is 6.43. The Kier molecular flexibility index (Phi) is 4.31. The summed E-state index contributed by atoms with van der Waals surface area (Å²) in [6.07, 6.45) is 1.55. The minimum atomic E-state index is -0.638. The van der Waals surface area contributed by atoms with Crippen LogP contribution in [0, 0.1) is 0 Å². The van der Waals surface area contributed by atoms with Crippen molar-refractivity contribution in [2.75, 3.05) is 10.6 Å². The van der Waals surface area contributed by atoms with E-state index in [2.05, 4.69) is 31.5 Å². The van der Waals surface area contributed by atoms with Gasteiger partial charge < -0.3 is 16.4 Å². The van der Waals surface area contributed by atoms with Crippen LogP contribution in [0.4, 0.5) is 16.2 Å². The first-order chi connectivity index (χ1) is 9.54. The van der Waals surface area contributed by atoms with Crippen LogP contribution in [0.2, 0.25) is 0 Å². The number of rotatable bonds is 3. The molecule has 0 aliphatic heterocycles. The van der Waals surface area contributed by atoms with Gasteiger partial charge in [0.1, 0.15) is 5.69 Å². The van der Waals surface area contributed by atoms with Crippen LogP contribution in [0.25, 0.3) is 0 Å². The molecule has 6 nitrogen and oxygen atoms in total. The monoisotopic (exact) mass is 334 g/mol. The van der Waals surface area contributed by atoms with Gasteiger partial charge >= 0.3 is 6.03 Å². The van der Waals surface area contributed by atoms with E-state index in [1.807, 2.05) is 0 Å². The van der Waals surface area contributed by atoms with Gasteiger partial charge in [-0.05, 0) is 52.3 Å². The fourth-order valence-electron chi connectivity index (χ4n) is 1.48. The van der Waals surface area contributed by atoms with Crippen LogP contribution in [0.3, 0.4) is 0 Å². The second kappa shape index (κ2) is 6.16. The molecule has 0 spiro atoms. The predicted molar refractivity (Wildman–Crippen MR) is 79.5 cm³/mol. The molecule has 1 heterocycles. The van der Waals surface area contributed by atoms with Crippen molar-refractivity contribution in [3.8, 4) is 0 Å². The summed E-state index contributed by atoms with van der Waals surface area (Å²) in [5.74, 6) is -0.312. The summed E-state index contributed by atoms with van der Waals surface area (Å²) in [6.45, 7) is 0. The molecule has 20 heavy (non-hydrogen) atoms. The Morgan fingerprint density at radius 3 is 2.10 bits per heavy atom. The van der Waals surface area contributed by atoms with Gasteiger partial charge in [-0.25, -0.2) is 9.78 Å². The normalized spacial score (nSPS) is 9.85.